The zero-order valence-corrected chi connectivity index (χ0v) is 11.6. The summed E-state index contributed by atoms with van der Waals surface area (Å²) in [6, 6.07) is 0.284. The number of likely N-dealkylation sites (tertiary alicyclic amines) is 1. The lowest BCUT2D eigenvalue weighted by atomic mass is 9.76. The largest absolute Gasteiger partial charge is 0.298 e. The van der Waals surface area contributed by atoms with Gasteiger partial charge >= 0.3 is 0 Å². The van der Waals surface area contributed by atoms with Crippen LogP contribution >= 0.6 is 0 Å². The molecular formula is C16H27NO. The van der Waals surface area contributed by atoms with E-state index in [-0.39, 0.29) is 6.04 Å². The summed E-state index contributed by atoms with van der Waals surface area (Å²) in [5.41, 5.74) is 0.685. The molecule has 1 unspecified atom stereocenters. The second-order valence-electron chi connectivity index (χ2n) is 6.82. The highest BCUT2D eigenvalue weighted by atomic mass is 16.1. The van der Waals surface area contributed by atoms with Crippen LogP contribution in [0.25, 0.3) is 0 Å². The van der Waals surface area contributed by atoms with Crippen molar-refractivity contribution in [1.29, 1.82) is 0 Å². The highest BCUT2D eigenvalue weighted by Gasteiger charge is 2.39. The zero-order chi connectivity index (χ0) is 12.4. The number of hydrogen-bond donors (Lipinski definition) is 0. The average molecular weight is 249 g/mol. The second-order valence-corrected chi connectivity index (χ2v) is 6.82. The summed E-state index contributed by atoms with van der Waals surface area (Å²) in [5, 5.41) is 0. The fourth-order valence-electron chi connectivity index (χ4n) is 4.46. The molecule has 1 saturated heterocycles. The van der Waals surface area contributed by atoms with E-state index < -0.39 is 0 Å². The molecule has 0 amide bonds. The van der Waals surface area contributed by atoms with Crippen LogP contribution in [0.1, 0.15) is 70.6 Å². The highest BCUT2D eigenvalue weighted by molar-refractivity contribution is 5.84. The Bertz CT molecular complexity index is 296. The highest BCUT2D eigenvalue weighted by Crippen LogP contribution is 2.46. The molecule has 1 heterocycles. The normalized spacial score (nSPS) is 33.8. The van der Waals surface area contributed by atoms with E-state index in [4.69, 9.17) is 0 Å². The smallest absolute Gasteiger partial charge is 0.149 e. The first kappa shape index (κ1) is 12.7. The van der Waals surface area contributed by atoms with Gasteiger partial charge in [-0.2, -0.15) is 0 Å². The van der Waals surface area contributed by atoms with Crippen molar-refractivity contribution in [3.8, 4) is 0 Å². The minimum atomic E-state index is 0.284. The van der Waals surface area contributed by atoms with E-state index >= 15 is 0 Å². The van der Waals surface area contributed by atoms with Gasteiger partial charge in [0, 0.05) is 6.42 Å². The second kappa shape index (κ2) is 5.32. The lowest BCUT2D eigenvalue weighted by Crippen LogP contribution is -2.47. The number of carbonyl (C=O) groups excluding carboxylic acids is 1. The molecule has 3 fully saturated rings. The molecule has 0 bridgehead atoms. The van der Waals surface area contributed by atoms with E-state index in [9.17, 15) is 4.79 Å². The van der Waals surface area contributed by atoms with Crippen molar-refractivity contribution in [2.75, 3.05) is 13.1 Å². The molecule has 2 aliphatic carbocycles. The standard InChI is InChI=1S/C16H27NO/c18-15-7-3-1-2-6-14(15)17-12-10-16(11-13-17)8-4-5-9-16/h14H,1-13H2. The molecule has 2 heteroatoms. The van der Waals surface area contributed by atoms with Crippen molar-refractivity contribution in [2.24, 2.45) is 5.41 Å². The molecule has 3 rings (SSSR count). The van der Waals surface area contributed by atoms with Gasteiger partial charge in [-0.3, -0.25) is 9.69 Å². The summed E-state index contributed by atoms with van der Waals surface area (Å²) in [6.07, 6.45) is 14.2. The summed E-state index contributed by atoms with van der Waals surface area (Å²) < 4.78 is 0. The van der Waals surface area contributed by atoms with E-state index in [1.165, 1.54) is 64.5 Å². The Kier molecular flexibility index (Phi) is 3.74. The first-order valence-electron chi connectivity index (χ1n) is 8.06. The van der Waals surface area contributed by atoms with Gasteiger partial charge in [0.05, 0.1) is 6.04 Å². The van der Waals surface area contributed by atoms with E-state index in [0.717, 1.165) is 19.3 Å². The van der Waals surface area contributed by atoms with Crippen LogP contribution in [0.15, 0.2) is 0 Å². The van der Waals surface area contributed by atoms with Gasteiger partial charge in [-0.15, -0.1) is 0 Å². The van der Waals surface area contributed by atoms with Crippen LogP contribution in [-0.4, -0.2) is 29.8 Å². The van der Waals surface area contributed by atoms with E-state index in [1.54, 1.807) is 0 Å². The van der Waals surface area contributed by atoms with Gasteiger partial charge in [0.1, 0.15) is 5.78 Å². The molecular weight excluding hydrogens is 222 g/mol. The molecule has 0 aromatic heterocycles. The van der Waals surface area contributed by atoms with Crippen LogP contribution in [0.3, 0.4) is 0 Å². The van der Waals surface area contributed by atoms with E-state index in [1.807, 2.05) is 0 Å². The molecule has 3 aliphatic rings. The molecule has 102 valence electrons. The van der Waals surface area contributed by atoms with Gasteiger partial charge in [0.2, 0.25) is 0 Å². The number of piperidine rings is 1. The molecule has 18 heavy (non-hydrogen) atoms. The summed E-state index contributed by atoms with van der Waals surface area (Å²) >= 11 is 0. The number of hydrogen-bond acceptors (Lipinski definition) is 2. The van der Waals surface area contributed by atoms with Crippen LogP contribution in [0.2, 0.25) is 0 Å². The summed E-state index contributed by atoms with van der Waals surface area (Å²) in [5.74, 6) is 0.537. The fourth-order valence-corrected chi connectivity index (χ4v) is 4.46. The van der Waals surface area contributed by atoms with E-state index in [0.29, 0.717) is 11.2 Å². The summed E-state index contributed by atoms with van der Waals surface area (Å²) in [7, 11) is 0. The number of ketones is 1. The molecule has 0 aromatic carbocycles. The molecule has 1 spiro atoms. The van der Waals surface area contributed by atoms with Crippen molar-refractivity contribution in [1.82, 2.24) is 4.90 Å². The molecule has 2 nitrogen and oxygen atoms in total. The van der Waals surface area contributed by atoms with Gasteiger partial charge in [0.15, 0.2) is 0 Å². The average Bonchev–Trinajstić information content (AvgIpc) is 2.73. The molecule has 0 radical (unpaired) electrons. The Hall–Kier alpha value is -0.370. The number of Topliss-reactive ketones (excluding diaryl/α,β-unsaturated/α-hetero) is 1. The topological polar surface area (TPSA) is 20.3 Å². The van der Waals surface area contributed by atoms with Gasteiger partial charge in [-0.25, -0.2) is 0 Å². The van der Waals surface area contributed by atoms with Gasteiger partial charge in [-0.1, -0.05) is 25.7 Å². The number of rotatable bonds is 1. The van der Waals surface area contributed by atoms with Crippen LogP contribution in [0.4, 0.5) is 0 Å². The van der Waals surface area contributed by atoms with Crippen molar-refractivity contribution in [3.63, 3.8) is 0 Å². The maximum atomic E-state index is 12.2. The quantitative estimate of drug-likeness (QED) is 0.662. The predicted octanol–water partition coefficient (Wildman–Crippen LogP) is 3.54. The first-order valence-corrected chi connectivity index (χ1v) is 8.06. The van der Waals surface area contributed by atoms with Crippen molar-refractivity contribution in [3.05, 3.63) is 0 Å². The van der Waals surface area contributed by atoms with Crippen molar-refractivity contribution >= 4 is 5.78 Å². The lowest BCUT2D eigenvalue weighted by Gasteiger charge is -2.42. The molecule has 1 atom stereocenters. The fraction of sp³-hybridized carbons (Fsp3) is 0.938. The van der Waals surface area contributed by atoms with E-state index in [2.05, 4.69) is 4.90 Å². The Labute approximate surface area is 111 Å². The summed E-state index contributed by atoms with van der Waals surface area (Å²) in [6.45, 7) is 2.38. The molecule has 2 saturated carbocycles. The third-order valence-electron chi connectivity index (χ3n) is 5.74. The minimum Gasteiger partial charge on any atom is -0.298 e. The van der Waals surface area contributed by atoms with Gasteiger partial charge < -0.3 is 0 Å². The Morgan fingerprint density at radius 3 is 2.33 bits per heavy atom. The van der Waals surface area contributed by atoms with Crippen LogP contribution < -0.4 is 0 Å². The molecule has 0 N–H and O–H groups in total. The zero-order valence-electron chi connectivity index (χ0n) is 11.6. The van der Waals surface area contributed by atoms with Crippen LogP contribution in [0, 0.1) is 5.41 Å². The third-order valence-corrected chi connectivity index (χ3v) is 5.74. The van der Waals surface area contributed by atoms with Crippen LogP contribution in [0.5, 0.6) is 0 Å². The minimum absolute atomic E-state index is 0.284. The number of carbonyl (C=O) groups is 1. The number of nitrogens with zero attached hydrogens (tertiary/aromatic N) is 1. The third kappa shape index (κ3) is 2.49. The molecule has 0 aromatic rings. The lowest BCUT2D eigenvalue weighted by molar-refractivity contribution is -0.125. The van der Waals surface area contributed by atoms with Crippen molar-refractivity contribution in [2.45, 2.75) is 76.7 Å². The predicted molar refractivity (Wildman–Crippen MR) is 73.6 cm³/mol. The SMILES string of the molecule is O=C1CCCCCC1N1CCC2(CCCC2)CC1. The monoisotopic (exact) mass is 249 g/mol. The Morgan fingerprint density at radius 2 is 1.61 bits per heavy atom. The van der Waals surface area contributed by atoms with Gasteiger partial charge in [-0.05, 0) is 57.0 Å². The summed E-state index contributed by atoms with van der Waals surface area (Å²) in [4.78, 5) is 14.7. The maximum absolute atomic E-state index is 12.2. The van der Waals surface area contributed by atoms with Crippen LogP contribution in [-0.2, 0) is 4.79 Å². The van der Waals surface area contributed by atoms with Crippen molar-refractivity contribution < 1.29 is 4.79 Å². The first-order chi connectivity index (χ1) is 8.79. The maximum Gasteiger partial charge on any atom is 0.149 e. The Morgan fingerprint density at radius 1 is 0.889 bits per heavy atom. The molecule has 1 aliphatic heterocycles. The Balaban J connectivity index is 1.59. The van der Waals surface area contributed by atoms with Gasteiger partial charge in [0.25, 0.3) is 0 Å².